The minimum atomic E-state index is 0. The number of hydrogen-bond donors (Lipinski definition) is 2. The van der Waals surface area contributed by atoms with Crippen molar-refractivity contribution in [3.05, 3.63) is 59.2 Å². The molecular weight excluding hydrogens is 503 g/mol. The lowest BCUT2D eigenvalue weighted by molar-refractivity contribution is 0.297. The van der Waals surface area contributed by atoms with Gasteiger partial charge in [-0.3, -0.25) is 9.89 Å². The van der Waals surface area contributed by atoms with E-state index >= 15 is 0 Å². The molecular formula is C24H33IN4O2. The number of nitrogens with zero attached hydrogens (tertiary/aromatic N) is 2. The van der Waals surface area contributed by atoms with Crippen molar-refractivity contribution in [1.29, 1.82) is 0 Å². The van der Waals surface area contributed by atoms with E-state index in [1.807, 2.05) is 12.1 Å². The van der Waals surface area contributed by atoms with Crippen LogP contribution in [0.15, 0.2) is 47.5 Å². The van der Waals surface area contributed by atoms with Gasteiger partial charge in [-0.25, -0.2) is 0 Å². The van der Waals surface area contributed by atoms with E-state index in [1.165, 1.54) is 37.1 Å². The third-order valence-corrected chi connectivity index (χ3v) is 5.58. The SMILES string of the molecule is CN=C(NCc1ccc(CN2CCCC2)cc1)NCc1ccc2c(c1)OCCCO2.I. The second-order valence-electron chi connectivity index (χ2n) is 7.91. The van der Waals surface area contributed by atoms with Gasteiger partial charge in [0.05, 0.1) is 13.2 Å². The van der Waals surface area contributed by atoms with E-state index in [9.17, 15) is 0 Å². The third-order valence-electron chi connectivity index (χ3n) is 5.58. The summed E-state index contributed by atoms with van der Waals surface area (Å²) < 4.78 is 11.5. The summed E-state index contributed by atoms with van der Waals surface area (Å²) in [6.07, 6.45) is 3.58. The smallest absolute Gasteiger partial charge is 0.191 e. The highest BCUT2D eigenvalue weighted by atomic mass is 127. The number of aliphatic imine (C=N–C) groups is 1. The second-order valence-corrected chi connectivity index (χ2v) is 7.91. The standard InChI is InChI=1S/C24H32N4O2.HI/c1-25-24(27-17-21-9-10-22-23(15-21)30-14-4-13-29-22)26-16-19-5-7-20(8-6-19)18-28-11-2-3-12-28;/h5-10,15H,2-4,11-14,16-18H2,1H3,(H2,25,26,27);1H. The normalized spacial score (nSPS) is 16.4. The maximum atomic E-state index is 5.78. The lowest BCUT2D eigenvalue weighted by Gasteiger charge is -2.15. The fraction of sp³-hybridized carbons (Fsp3) is 0.458. The van der Waals surface area contributed by atoms with Crippen molar-refractivity contribution in [2.75, 3.05) is 33.4 Å². The Morgan fingerprint density at radius 3 is 2.16 bits per heavy atom. The molecule has 0 aromatic heterocycles. The van der Waals surface area contributed by atoms with Crippen LogP contribution in [0.2, 0.25) is 0 Å². The minimum Gasteiger partial charge on any atom is -0.490 e. The molecule has 0 unspecified atom stereocenters. The number of likely N-dealkylation sites (tertiary alicyclic amines) is 1. The van der Waals surface area contributed by atoms with Crippen LogP contribution in [-0.2, 0) is 19.6 Å². The van der Waals surface area contributed by atoms with Gasteiger partial charge in [0.15, 0.2) is 17.5 Å². The highest BCUT2D eigenvalue weighted by molar-refractivity contribution is 14.0. The van der Waals surface area contributed by atoms with Crippen LogP contribution >= 0.6 is 24.0 Å². The van der Waals surface area contributed by atoms with Crippen molar-refractivity contribution in [3.8, 4) is 11.5 Å². The lowest BCUT2D eigenvalue weighted by Crippen LogP contribution is -2.36. The number of ether oxygens (including phenoxy) is 2. The Kier molecular flexibility index (Phi) is 9.27. The predicted molar refractivity (Wildman–Crippen MR) is 135 cm³/mol. The predicted octanol–water partition coefficient (Wildman–Crippen LogP) is 3.93. The molecule has 2 aliphatic rings. The van der Waals surface area contributed by atoms with Crippen LogP contribution in [0.25, 0.3) is 0 Å². The molecule has 2 heterocycles. The van der Waals surface area contributed by atoms with Gasteiger partial charge < -0.3 is 20.1 Å². The highest BCUT2D eigenvalue weighted by Gasteiger charge is 2.12. The number of halogens is 1. The average molecular weight is 536 g/mol. The molecule has 0 saturated carbocycles. The van der Waals surface area contributed by atoms with E-state index in [-0.39, 0.29) is 24.0 Å². The molecule has 2 aliphatic heterocycles. The molecule has 6 nitrogen and oxygen atoms in total. The summed E-state index contributed by atoms with van der Waals surface area (Å²) in [7, 11) is 1.79. The van der Waals surface area contributed by atoms with Crippen molar-refractivity contribution < 1.29 is 9.47 Å². The molecule has 168 valence electrons. The van der Waals surface area contributed by atoms with Crippen LogP contribution in [-0.4, -0.2) is 44.2 Å². The summed E-state index contributed by atoms with van der Waals surface area (Å²) in [5.41, 5.74) is 3.77. The van der Waals surface area contributed by atoms with Crippen LogP contribution in [0.5, 0.6) is 11.5 Å². The van der Waals surface area contributed by atoms with Crippen molar-refractivity contribution in [3.63, 3.8) is 0 Å². The molecule has 2 aromatic carbocycles. The topological polar surface area (TPSA) is 58.1 Å². The van der Waals surface area contributed by atoms with Gasteiger partial charge in [-0.05, 0) is 54.8 Å². The zero-order valence-corrected chi connectivity index (χ0v) is 20.6. The Hall–Kier alpha value is -2.00. The van der Waals surface area contributed by atoms with Gasteiger partial charge in [-0.1, -0.05) is 30.3 Å². The van der Waals surface area contributed by atoms with Crippen LogP contribution < -0.4 is 20.1 Å². The summed E-state index contributed by atoms with van der Waals surface area (Å²) in [5.74, 6) is 2.43. The molecule has 2 aromatic rings. The number of guanidine groups is 1. The van der Waals surface area contributed by atoms with Crippen molar-refractivity contribution in [2.24, 2.45) is 4.99 Å². The van der Waals surface area contributed by atoms with Crippen molar-refractivity contribution in [2.45, 2.75) is 38.9 Å². The van der Waals surface area contributed by atoms with Crippen LogP contribution in [0, 0.1) is 0 Å². The van der Waals surface area contributed by atoms with E-state index in [0.29, 0.717) is 19.8 Å². The van der Waals surface area contributed by atoms with Crippen LogP contribution in [0.4, 0.5) is 0 Å². The molecule has 2 N–H and O–H groups in total. The first-order valence-corrected chi connectivity index (χ1v) is 10.9. The van der Waals surface area contributed by atoms with Gasteiger partial charge in [-0.15, -0.1) is 24.0 Å². The molecule has 0 radical (unpaired) electrons. The molecule has 7 heteroatoms. The lowest BCUT2D eigenvalue weighted by atomic mass is 10.1. The maximum absolute atomic E-state index is 5.78. The molecule has 0 aliphatic carbocycles. The highest BCUT2D eigenvalue weighted by Crippen LogP contribution is 2.30. The summed E-state index contributed by atoms with van der Waals surface area (Å²) in [6.45, 7) is 6.34. The van der Waals surface area contributed by atoms with Gasteiger partial charge in [-0.2, -0.15) is 0 Å². The zero-order valence-electron chi connectivity index (χ0n) is 18.2. The first-order chi connectivity index (χ1) is 14.8. The summed E-state index contributed by atoms with van der Waals surface area (Å²) in [4.78, 5) is 6.86. The van der Waals surface area contributed by atoms with Gasteiger partial charge in [0.25, 0.3) is 0 Å². The Labute approximate surface area is 202 Å². The van der Waals surface area contributed by atoms with E-state index in [1.54, 1.807) is 7.05 Å². The summed E-state index contributed by atoms with van der Waals surface area (Å²) >= 11 is 0. The molecule has 1 fully saturated rings. The quantitative estimate of drug-likeness (QED) is 0.333. The van der Waals surface area contributed by atoms with Crippen LogP contribution in [0.1, 0.15) is 36.0 Å². The van der Waals surface area contributed by atoms with Crippen molar-refractivity contribution >= 4 is 29.9 Å². The Balaban J connectivity index is 0.00000272. The van der Waals surface area contributed by atoms with E-state index in [4.69, 9.17) is 9.47 Å². The van der Waals surface area contributed by atoms with E-state index in [0.717, 1.165) is 42.5 Å². The maximum Gasteiger partial charge on any atom is 0.191 e. The number of hydrogen-bond acceptors (Lipinski definition) is 4. The average Bonchev–Trinajstić information content (AvgIpc) is 3.17. The molecule has 0 spiro atoms. The number of benzene rings is 2. The number of fused-ring (bicyclic) bond motifs is 1. The van der Waals surface area contributed by atoms with Gasteiger partial charge >= 0.3 is 0 Å². The summed E-state index contributed by atoms with van der Waals surface area (Å²) in [5, 5.41) is 6.77. The fourth-order valence-corrected chi connectivity index (χ4v) is 3.87. The summed E-state index contributed by atoms with van der Waals surface area (Å²) in [6, 6.07) is 15.0. The molecule has 4 rings (SSSR count). The zero-order chi connectivity index (χ0) is 20.6. The third kappa shape index (κ3) is 7.00. The van der Waals surface area contributed by atoms with Gasteiger partial charge in [0, 0.05) is 33.1 Å². The van der Waals surface area contributed by atoms with Crippen LogP contribution in [0.3, 0.4) is 0 Å². The molecule has 31 heavy (non-hydrogen) atoms. The minimum absolute atomic E-state index is 0. The van der Waals surface area contributed by atoms with Crippen molar-refractivity contribution in [1.82, 2.24) is 15.5 Å². The Morgan fingerprint density at radius 1 is 0.839 bits per heavy atom. The Bertz CT molecular complexity index is 851. The number of rotatable bonds is 6. The fourth-order valence-electron chi connectivity index (χ4n) is 3.87. The molecule has 1 saturated heterocycles. The van der Waals surface area contributed by atoms with Gasteiger partial charge in [0.1, 0.15) is 0 Å². The molecule has 0 atom stereocenters. The van der Waals surface area contributed by atoms with E-state index < -0.39 is 0 Å². The first-order valence-electron chi connectivity index (χ1n) is 10.9. The van der Waals surface area contributed by atoms with E-state index in [2.05, 4.69) is 50.9 Å². The molecule has 0 amide bonds. The second kappa shape index (κ2) is 12.1. The largest absolute Gasteiger partial charge is 0.490 e. The van der Waals surface area contributed by atoms with Gasteiger partial charge in [0.2, 0.25) is 0 Å². The monoisotopic (exact) mass is 536 g/mol. The first kappa shape index (κ1) is 23.7. The molecule has 0 bridgehead atoms. The number of nitrogens with one attached hydrogen (secondary N) is 2. The Morgan fingerprint density at radius 2 is 1.45 bits per heavy atom.